The Kier molecular flexibility index (Phi) is 5.83. The van der Waals surface area contributed by atoms with Crippen molar-refractivity contribution < 1.29 is 22.7 Å². The third kappa shape index (κ3) is 5.60. The molecule has 144 valence electrons. The minimum atomic E-state index is -4.74. The topological polar surface area (TPSA) is 63.2 Å². The van der Waals surface area contributed by atoms with Crippen LogP contribution in [0.5, 0.6) is 5.75 Å². The summed E-state index contributed by atoms with van der Waals surface area (Å²) < 4.78 is 40.5. The Morgan fingerprint density at radius 3 is 2.44 bits per heavy atom. The molecule has 2 N–H and O–H groups in total. The summed E-state index contributed by atoms with van der Waals surface area (Å²) in [5.41, 5.74) is 0.883. The molecule has 0 radical (unpaired) electrons. The van der Waals surface area contributed by atoms with Gasteiger partial charge in [-0.05, 0) is 49.2 Å². The molecule has 1 aromatic carbocycles. The number of carbonyl (C=O) groups excluding carboxylic acids is 1. The predicted molar refractivity (Wildman–Crippen MR) is 95.0 cm³/mol. The molecule has 0 unspecified atom stereocenters. The van der Waals surface area contributed by atoms with E-state index in [0.717, 1.165) is 25.7 Å². The highest BCUT2D eigenvalue weighted by Crippen LogP contribution is 2.26. The van der Waals surface area contributed by atoms with Crippen molar-refractivity contribution >= 4 is 17.4 Å². The number of ether oxygens (including phenoxy) is 1. The zero-order valence-corrected chi connectivity index (χ0v) is 14.6. The minimum absolute atomic E-state index is 0.165. The second kappa shape index (κ2) is 8.28. The van der Waals surface area contributed by atoms with Crippen LogP contribution in [0.15, 0.2) is 42.6 Å². The van der Waals surface area contributed by atoms with Gasteiger partial charge in [0.1, 0.15) is 11.6 Å². The van der Waals surface area contributed by atoms with E-state index < -0.39 is 6.36 Å². The summed E-state index contributed by atoms with van der Waals surface area (Å²) in [5, 5.41) is 6.00. The molecule has 0 spiro atoms. The van der Waals surface area contributed by atoms with Gasteiger partial charge in [-0.3, -0.25) is 4.79 Å². The molecule has 27 heavy (non-hydrogen) atoms. The molecule has 0 saturated heterocycles. The number of aromatic nitrogens is 1. The van der Waals surface area contributed by atoms with E-state index in [-0.39, 0.29) is 17.7 Å². The van der Waals surface area contributed by atoms with Crippen molar-refractivity contribution in [1.29, 1.82) is 0 Å². The van der Waals surface area contributed by atoms with Gasteiger partial charge in [-0.25, -0.2) is 4.98 Å². The number of pyridine rings is 1. The third-order valence-corrected chi connectivity index (χ3v) is 4.34. The normalized spacial score (nSPS) is 15.2. The van der Waals surface area contributed by atoms with Crippen LogP contribution in [0.2, 0.25) is 0 Å². The molecule has 1 amide bonds. The van der Waals surface area contributed by atoms with Crippen LogP contribution < -0.4 is 15.4 Å². The Bertz CT molecular complexity index is 773. The first-order valence-corrected chi connectivity index (χ1v) is 8.79. The van der Waals surface area contributed by atoms with E-state index in [1.165, 1.54) is 30.7 Å². The summed E-state index contributed by atoms with van der Waals surface area (Å²) in [6.07, 6.45) is 2.15. The van der Waals surface area contributed by atoms with E-state index in [0.29, 0.717) is 17.1 Å². The molecule has 1 aromatic heterocycles. The van der Waals surface area contributed by atoms with Crippen LogP contribution in [0.3, 0.4) is 0 Å². The summed E-state index contributed by atoms with van der Waals surface area (Å²) in [4.78, 5) is 16.8. The van der Waals surface area contributed by atoms with E-state index in [1.807, 2.05) is 0 Å². The molecule has 1 fully saturated rings. The fraction of sp³-hybridized carbons (Fsp3) is 0.368. The number of halogens is 3. The summed E-state index contributed by atoms with van der Waals surface area (Å²) in [7, 11) is 0. The molecular weight excluding hydrogens is 359 g/mol. The Hall–Kier alpha value is -2.77. The van der Waals surface area contributed by atoms with Crippen LogP contribution in [-0.2, 0) is 0 Å². The molecule has 3 rings (SSSR count). The number of nitrogens with zero attached hydrogens (tertiary/aromatic N) is 1. The van der Waals surface area contributed by atoms with Gasteiger partial charge in [-0.2, -0.15) is 0 Å². The third-order valence-electron chi connectivity index (χ3n) is 4.34. The number of rotatable bonds is 5. The average Bonchev–Trinajstić information content (AvgIpc) is 2.63. The largest absolute Gasteiger partial charge is 0.573 e. The van der Waals surface area contributed by atoms with Crippen molar-refractivity contribution in [3.8, 4) is 5.75 Å². The van der Waals surface area contributed by atoms with Gasteiger partial charge in [-0.15, -0.1) is 13.2 Å². The Balaban J connectivity index is 1.69. The van der Waals surface area contributed by atoms with E-state index in [9.17, 15) is 18.0 Å². The monoisotopic (exact) mass is 379 g/mol. The smallest absolute Gasteiger partial charge is 0.406 e. The van der Waals surface area contributed by atoms with Gasteiger partial charge in [0.2, 0.25) is 0 Å². The lowest BCUT2D eigenvalue weighted by atomic mass is 9.95. The lowest BCUT2D eigenvalue weighted by Crippen LogP contribution is -2.36. The molecule has 5 nitrogen and oxygen atoms in total. The van der Waals surface area contributed by atoms with Gasteiger partial charge in [-0.1, -0.05) is 19.3 Å². The van der Waals surface area contributed by atoms with Crippen LogP contribution in [0.4, 0.5) is 24.7 Å². The second-order valence-corrected chi connectivity index (χ2v) is 6.41. The Labute approximate surface area is 154 Å². The van der Waals surface area contributed by atoms with Crippen LogP contribution in [0.1, 0.15) is 42.5 Å². The lowest BCUT2D eigenvalue weighted by molar-refractivity contribution is -0.274. The van der Waals surface area contributed by atoms with Gasteiger partial charge in [0.05, 0.1) is 5.56 Å². The maximum atomic E-state index is 12.6. The van der Waals surface area contributed by atoms with Crippen molar-refractivity contribution in [2.45, 2.75) is 44.5 Å². The molecule has 1 aliphatic rings. The second-order valence-electron chi connectivity index (χ2n) is 6.41. The van der Waals surface area contributed by atoms with Crippen LogP contribution in [-0.4, -0.2) is 23.3 Å². The first-order valence-electron chi connectivity index (χ1n) is 8.79. The number of hydrogen-bond donors (Lipinski definition) is 2. The van der Waals surface area contributed by atoms with E-state index in [1.54, 1.807) is 18.3 Å². The molecule has 0 atom stereocenters. The number of alkyl halides is 3. The predicted octanol–water partition coefficient (Wildman–Crippen LogP) is 4.79. The maximum Gasteiger partial charge on any atom is 0.573 e. The first-order chi connectivity index (χ1) is 12.9. The standard InChI is InChI=1S/C19H20F3N3O2/c20-19(21,22)27-15-10-8-14(9-11-15)24-17-16(7-4-12-23-17)18(26)25-13-5-2-1-3-6-13/h4,7-13H,1-3,5-6H2,(H,23,24)(H,25,26). The zero-order chi connectivity index (χ0) is 19.3. The van der Waals surface area contributed by atoms with Crippen molar-refractivity contribution in [2.24, 2.45) is 0 Å². The van der Waals surface area contributed by atoms with Gasteiger partial charge < -0.3 is 15.4 Å². The molecular formula is C19H20F3N3O2. The summed E-state index contributed by atoms with van der Waals surface area (Å²) >= 11 is 0. The molecule has 2 aromatic rings. The van der Waals surface area contributed by atoms with E-state index in [2.05, 4.69) is 20.4 Å². The van der Waals surface area contributed by atoms with Gasteiger partial charge in [0.15, 0.2) is 0 Å². The minimum Gasteiger partial charge on any atom is -0.406 e. The maximum absolute atomic E-state index is 12.6. The number of nitrogens with one attached hydrogen (secondary N) is 2. The Morgan fingerprint density at radius 2 is 1.78 bits per heavy atom. The van der Waals surface area contributed by atoms with Gasteiger partial charge in [0, 0.05) is 17.9 Å². The molecule has 8 heteroatoms. The highest BCUT2D eigenvalue weighted by molar-refractivity contribution is 5.99. The average molecular weight is 379 g/mol. The number of anilines is 2. The molecule has 1 heterocycles. The van der Waals surface area contributed by atoms with E-state index in [4.69, 9.17) is 0 Å². The highest BCUT2D eigenvalue weighted by Gasteiger charge is 2.31. The quantitative estimate of drug-likeness (QED) is 0.784. The van der Waals surface area contributed by atoms with Crippen molar-refractivity contribution in [3.05, 3.63) is 48.2 Å². The molecule has 0 bridgehead atoms. The van der Waals surface area contributed by atoms with Gasteiger partial charge >= 0.3 is 6.36 Å². The van der Waals surface area contributed by atoms with Crippen LogP contribution in [0.25, 0.3) is 0 Å². The fourth-order valence-electron chi connectivity index (χ4n) is 3.07. The summed E-state index contributed by atoms with van der Waals surface area (Å²) in [6.45, 7) is 0. The SMILES string of the molecule is O=C(NC1CCCCC1)c1cccnc1Nc1ccc(OC(F)(F)F)cc1. The fourth-order valence-corrected chi connectivity index (χ4v) is 3.07. The zero-order valence-electron chi connectivity index (χ0n) is 14.6. The number of amides is 1. The van der Waals surface area contributed by atoms with Gasteiger partial charge in [0.25, 0.3) is 5.91 Å². The van der Waals surface area contributed by atoms with Crippen molar-refractivity contribution in [2.75, 3.05) is 5.32 Å². The van der Waals surface area contributed by atoms with Crippen molar-refractivity contribution in [1.82, 2.24) is 10.3 Å². The van der Waals surface area contributed by atoms with Crippen LogP contribution in [0, 0.1) is 0 Å². The number of carbonyl (C=O) groups is 1. The summed E-state index contributed by atoms with van der Waals surface area (Å²) in [5.74, 6) is -0.186. The Morgan fingerprint density at radius 1 is 1.07 bits per heavy atom. The molecule has 1 saturated carbocycles. The number of hydrogen-bond acceptors (Lipinski definition) is 4. The molecule has 0 aliphatic heterocycles. The summed E-state index contributed by atoms with van der Waals surface area (Å²) in [6, 6.07) is 8.74. The number of benzene rings is 1. The molecule has 1 aliphatic carbocycles. The van der Waals surface area contributed by atoms with E-state index >= 15 is 0 Å². The highest BCUT2D eigenvalue weighted by atomic mass is 19.4. The van der Waals surface area contributed by atoms with Crippen LogP contribution >= 0.6 is 0 Å². The van der Waals surface area contributed by atoms with Crippen molar-refractivity contribution in [3.63, 3.8) is 0 Å². The lowest BCUT2D eigenvalue weighted by Gasteiger charge is -2.23. The first kappa shape index (κ1) is 19.0.